The number of rotatable bonds is 7. The number of aryl methyl sites for hydroxylation is 2. The number of carbonyl (C=O) groups excluding carboxylic acids is 1. The van der Waals surface area contributed by atoms with Gasteiger partial charge in [-0.25, -0.2) is 4.79 Å². The van der Waals surface area contributed by atoms with Gasteiger partial charge < -0.3 is 9.84 Å². The van der Waals surface area contributed by atoms with Crippen molar-refractivity contribution < 1.29 is 9.32 Å². The monoisotopic (exact) mass is 484 g/mol. The molecule has 3 heterocycles. The van der Waals surface area contributed by atoms with Crippen LogP contribution in [0.4, 0.5) is 4.79 Å². The molecule has 0 saturated carbocycles. The van der Waals surface area contributed by atoms with Crippen molar-refractivity contribution in [1.82, 2.24) is 20.4 Å². The van der Waals surface area contributed by atoms with Gasteiger partial charge in [0, 0.05) is 5.70 Å². The van der Waals surface area contributed by atoms with E-state index in [1.807, 2.05) is 24.4 Å². The minimum absolute atomic E-state index is 0.145. The fraction of sp³-hybridized carbons (Fsp3) is 0.250. The van der Waals surface area contributed by atoms with Crippen LogP contribution in [-0.4, -0.2) is 21.1 Å². The molecule has 0 aliphatic carbocycles. The second kappa shape index (κ2) is 9.88. The molecule has 1 unspecified atom stereocenters. The van der Waals surface area contributed by atoms with Gasteiger partial charge in [0.15, 0.2) is 0 Å². The predicted octanol–water partition coefficient (Wildman–Crippen LogP) is 6.62. The first kappa shape index (κ1) is 23.1. The van der Waals surface area contributed by atoms with Gasteiger partial charge in [0.25, 0.3) is 5.89 Å². The highest BCUT2D eigenvalue weighted by molar-refractivity contribution is 7.13. The Hall–Kier alpha value is -3.71. The van der Waals surface area contributed by atoms with Crippen LogP contribution in [0, 0.1) is 0 Å². The van der Waals surface area contributed by atoms with Crippen LogP contribution in [-0.2, 0) is 19.4 Å². The van der Waals surface area contributed by atoms with Gasteiger partial charge in [-0.15, -0.1) is 11.3 Å². The molecule has 0 saturated heterocycles. The van der Waals surface area contributed by atoms with Crippen molar-refractivity contribution in [2.24, 2.45) is 0 Å². The summed E-state index contributed by atoms with van der Waals surface area (Å²) >= 11 is 1.56. The van der Waals surface area contributed by atoms with Crippen molar-refractivity contribution in [2.75, 3.05) is 0 Å². The Morgan fingerprint density at radius 3 is 2.26 bits per heavy atom. The summed E-state index contributed by atoms with van der Waals surface area (Å²) in [6.07, 6.45) is 1.94. The fourth-order valence-corrected chi connectivity index (χ4v) is 5.00. The molecular weight excluding hydrogens is 456 g/mol. The number of hydrogen-bond acceptors (Lipinski definition) is 5. The van der Waals surface area contributed by atoms with Gasteiger partial charge in [-0.3, -0.25) is 4.90 Å². The van der Waals surface area contributed by atoms with Crippen molar-refractivity contribution in [2.45, 2.75) is 46.2 Å². The van der Waals surface area contributed by atoms with E-state index in [2.05, 4.69) is 72.9 Å². The molecule has 5 rings (SSSR count). The van der Waals surface area contributed by atoms with E-state index in [0.29, 0.717) is 18.3 Å². The van der Waals surface area contributed by atoms with E-state index in [0.717, 1.165) is 40.1 Å². The van der Waals surface area contributed by atoms with Crippen molar-refractivity contribution in [1.29, 1.82) is 0 Å². The maximum Gasteiger partial charge on any atom is 0.322 e. The van der Waals surface area contributed by atoms with E-state index in [1.165, 1.54) is 11.1 Å². The number of benzene rings is 2. The zero-order valence-corrected chi connectivity index (χ0v) is 20.9. The summed E-state index contributed by atoms with van der Waals surface area (Å²) in [5, 5.41) is 9.41. The van der Waals surface area contributed by atoms with Crippen LogP contribution in [0.3, 0.4) is 0 Å². The molecule has 6 nitrogen and oxygen atoms in total. The second-order valence-corrected chi connectivity index (χ2v) is 9.58. The molecule has 1 aliphatic heterocycles. The molecule has 2 aromatic carbocycles. The number of nitrogens with one attached hydrogen (secondary N) is 1. The molecule has 2 aromatic heterocycles. The van der Waals surface area contributed by atoms with Crippen LogP contribution in [0.1, 0.15) is 55.0 Å². The molecule has 2 amide bonds. The van der Waals surface area contributed by atoms with Crippen LogP contribution < -0.4 is 5.32 Å². The maximum atomic E-state index is 13.3. The maximum absolute atomic E-state index is 13.3. The summed E-state index contributed by atoms with van der Waals surface area (Å²) in [5.74, 6) is 0.968. The number of aromatic nitrogens is 2. The van der Waals surface area contributed by atoms with E-state index in [-0.39, 0.29) is 12.1 Å². The Balaban J connectivity index is 1.56. The highest BCUT2D eigenvalue weighted by Crippen LogP contribution is 2.38. The minimum Gasteiger partial charge on any atom is -0.334 e. The number of carbonyl (C=O) groups is 1. The van der Waals surface area contributed by atoms with E-state index < -0.39 is 0 Å². The smallest absolute Gasteiger partial charge is 0.322 e. The highest BCUT2D eigenvalue weighted by Gasteiger charge is 2.35. The van der Waals surface area contributed by atoms with Gasteiger partial charge in [0.05, 0.1) is 23.0 Å². The standard InChI is InChI=1S/C28H28N4O2S/c1-4-19-8-10-21(11-9-19)17-32-18(3)24(27-30-26(31-34-27)23-7-6-16-35-23)25(29-28(32)33)22-14-12-20(5-2)13-15-22/h6-16,25H,4-5,17H2,1-3H3,(H,29,33). The average molecular weight is 485 g/mol. The molecule has 7 heteroatoms. The number of hydrogen-bond donors (Lipinski definition) is 1. The van der Waals surface area contributed by atoms with Crippen LogP contribution in [0.2, 0.25) is 0 Å². The molecule has 1 aliphatic rings. The largest absolute Gasteiger partial charge is 0.334 e. The van der Waals surface area contributed by atoms with E-state index >= 15 is 0 Å². The van der Waals surface area contributed by atoms with Crippen molar-refractivity contribution in [3.05, 3.63) is 99.9 Å². The molecule has 1 N–H and O–H groups in total. The predicted molar refractivity (Wildman–Crippen MR) is 139 cm³/mol. The Bertz CT molecular complexity index is 1340. The summed E-state index contributed by atoms with van der Waals surface area (Å²) in [7, 11) is 0. The summed E-state index contributed by atoms with van der Waals surface area (Å²) in [5.41, 5.74) is 6.17. The van der Waals surface area contributed by atoms with Crippen LogP contribution in [0.15, 0.2) is 76.3 Å². The fourth-order valence-electron chi connectivity index (χ4n) is 4.35. The number of amides is 2. The molecular formula is C28H28N4O2S. The molecule has 178 valence electrons. The van der Waals surface area contributed by atoms with Gasteiger partial charge in [0.1, 0.15) is 0 Å². The lowest BCUT2D eigenvalue weighted by Gasteiger charge is -2.35. The van der Waals surface area contributed by atoms with Gasteiger partial charge in [-0.05, 0) is 53.5 Å². The second-order valence-electron chi connectivity index (χ2n) is 8.63. The third-order valence-electron chi connectivity index (χ3n) is 6.49. The van der Waals surface area contributed by atoms with Crippen LogP contribution in [0.25, 0.3) is 16.3 Å². The first-order valence-corrected chi connectivity index (χ1v) is 12.8. The lowest BCUT2D eigenvalue weighted by Crippen LogP contribution is -2.45. The van der Waals surface area contributed by atoms with Gasteiger partial charge in [0.2, 0.25) is 5.82 Å². The minimum atomic E-state index is -0.385. The first-order chi connectivity index (χ1) is 17.1. The molecule has 1 atom stereocenters. The van der Waals surface area contributed by atoms with E-state index in [9.17, 15) is 4.79 Å². The lowest BCUT2D eigenvalue weighted by molar-refractivity contribution is 0.203. The Kier molecular flexibility index (Phi) is 6.51. The van der Waals surface area contributed by atoms with Crippen molar-refractivity contribution in [3.63, 3.8) is 0 Å². The van der Waals surface area contributed by atoms with Crippen LogP contribution in [0.5, 0.6) is 0 Å². The van der Waals surface area contributed by atoms with Gasteiger partial charge >= 0.3 is 6.03 Å². The Morgan fingerprint density at radius 2 is 1.63 bits per heavy atom. The van der Waals surface area contributed by atoms with Crippen molar-refractivity contribution in [3.8, 4) is 10.7 Å². The summed E-state index contributed by atoms with van der Waals surface area (Å²) in [4.78, 5) is 20.7. The van der Waals surface area contributed by atoms with E-state index in [4.69, 9.17) is 9.51 Å². The normalized spacial score (nSPS) is 16.0. The van der Waals surface area contributed by atoms with Gasteiger partial charge in [-0.2, -0.15) is 4.98 Å². The number of thiophene rings is 1. The molecule has 35 heavy (non-hydrogen) atoms. The third-order valence-corrected chi connectivity index (χ3v) is 7.35. The average Bonchev–Trinajstić information content (AvgIpc) is 3.59. The SMILES string of the molecule is CCc1ccc(CN2C(=O)NC(c3ccc(CC)cc3)C(c3nc(-c4cccs4)no3)=C2C)cc1. The number of nitrogens with zero attached hydrogens (tertiary/aromatic N) is 3. The van der Waals surface area contributed by atoms with Crippen LogP contribution >= 0.6 is 11.3 Å². The molecule has 0 bridgehead atoms. The summed E-state index contributed by atoms with van der Waals surface area (Å²) in [6, 6.07) is 20.1. The molecule has 0 fully saturated rings. The molecule has 4 aromatic rings. The summed E-state index contributed by atoms with van der Waals surface area (Å²) in [6.45, 7) is 6.67. The van der Waals surface area contributed by atoms with Crippen molar-refractivity contribution >= 4 is 22.9 Å². The zero-order valence-electron chi connectivity index (χ0n) is 20.1. The highest BCUT2D eigenvalue weighted by atomic mass is 32.1. The molecule has 0 radical (unpaired) electrons. The third kappa shape index (κ3) is 4.64. The van der Waals surface area contributed by atoms with E-state index in [1.54, 1.807) is 16.2 Å². The zero-order chi connectivity index (χ0) is 24.4. The Morgan fingerprint density at radius 1 is 0.971 bits per heavy atom. The quantitative estimate of drug-likeness (QED) is 0.320. The molecule has 0 spiro atoms. The topological polar surface area (TPSA) is 71.3 Å². The first-order valence-electron chi connectivity index (χ1n) is 11.9. The Labute approximate surface area is 209 Å². The number of urea groups is 1. The summed E-state index contributed by atoms with van der Waals surface area (Å²) < 4.78 is 5.77. The number of allylic oxidation sites excluding steroid dienone is 1. The van der Waals surface area contributed by atoms with Gasteiger partial charge in [-0.1, -0.05) is 73.6 Å². The lowest BCUT2D eigenvalue weighted by atomic mass is 9.93.